The molecule has 0 bridgehead atoms. The molecule has 1 aromatic heterocycles. The Morgan fingerprint density at radius 1 is 1.38 bits per heavy atom. The van der Waals surface area contributed by atoms with Crippen LogP contribution in [0.1, 0.15) is 33.5 Å². The summed E-state index contributed by atoms with van der Waals surface area (Å²) in [5.41, 5.74) is 0.202. The summed E-state index contributed by atoms with van der Waals surface area (Å²) in [4.78, 5) is 4.20. The van der Waals surface area contributed by atoms with E-state index >= 15 is 0 Å². The molecule has 4 heteroatoms. The average Bonchev–Trinajstić information content (AvgIpc) is 2.33. The highest BCUT2D eigenvalue weighted by Crippen LogP contribution is 2.19. The zero-order valence-corrected chi connectivity index (χ0v) is 8.72. The Hall–Kier alpha value is -1.06. The third-order valence-electron chi connectivity index (χ3n) is 1.48. The summed E-state index contributed by atoms with van der Waals surface area (Å²) in [6.45, 7) is 9.24. The molecule has 0 aliphatic carbocycles. The largest absolute Gasteiger partial charge is 0.338 e. The van der Waals surface area contributed by atoms with Gasteiger partial charge in [0.15, 0.2) is 5.82 Å². The summed E-state index contributed by atoms with van der Waals surface area (Å²) in [5.74, 6) is 0.767. The van der Waals surface area contributed by atoms with Crippen molar-refractivity contribution in [2.75, 3.05) is 11.9 Å². The molecule has 0 amide bonds. The summed E-state index contributed by atoms with van der Waals surface area (Å²) >= 11 is 0. The lowest BCUT2D eigenvalue weighted by atomic mass is 9.92. The van der Waals surface area contributed by atoms with Gasteiger partial charge in [-0.25, -0.2) is 0 Å². The van der Waals surface area contributed by atoms with E-state index in [0.717, 1.165) is 18.8 Å². The minimum absolute atomic E-state index is 0.202. The van der Waals surface area contributed by atoms with Crippen LogP contribution in [0.3, 0.4) is 0 Å². The fourth-order valence-electron chi connectivity index (χ4n) is 1.02. The van der Waals surface area contributed by atoms with Gasteiger partial charge < -0.3 is 9.84 Å². The summed E-state index contributed by atoms with van der Waals surface area (Å²) < 4.78 is 4.98. The fraction of sp³-hybridized carbons (Fsp3) is 0.778. The second-order valence-electron chi connectivity index (χ2n) is 4.28. The van der Waals surface area contributed by atoms with Gasteiger partial charge in [0.1, 0.15) is 0 Å². The van der Waals surface area contributed by atoms with Gasteiger partial charge in [-0.3, -0.25) is 0 Å². The Morgan fingerprint density at radius 3 is 2.62 bits per heavy atom. The molecular weight excluding hydrogens is 166 g/mol. The Kier molecular flexibility index (Phi) is 2.90. The molecule has 0 unspecified atom stereocenters. The molecule has 0 aliphatic heterocycles. The molecule has 74 valence electrons. The third-order valence-corrected chi connectivity index (χ3v) is 1.48. The van der Waals surface area contributed by atoms with E-state index in [2.05, 4.69) is 36.2 Å². The lowest BCUT2D eigenvalue weighted by molar-refractivity contribution is 0.375. The smallest absolute Gasteiger partial charge is 0.321 e. The van der Waals surface area contributed by atoms with Crippen LogP contribution in [-0.4, -0.2) is 16.7 Å². The lowest BCUT2D eigenvalue weighted by Crippen LogP contribution is -2.10. The van der Waals surface area contributed by atoms with Crippen LogP contribution in [0.5, 0.6) is 0 Å². The second-order valence-corrected chi connectivity index (χ2v) is 4.28. The van der Waals surface area contributed by atoms with Gasteiger partial charge in [-0.15, -0.1) is 0 Å². The molecule has 0 radical (unpaired) electrons. The van der Waals surface area contributed by atoms with Crippen molar-refractivity contribution in [1.29, 1.82) is 0 Å². The zero-order chi connectivity index (χ0) is 9.90. The standard InChI is InChI=1S/C9H17N3O/c1-5-10-8-11-7(12-13-8)6-9(2,3)4/h5-6H2,1-4H3,(H,10,11,12). The van der Waals surface area contributed by atoms with Gasteiger partial charge in [0, 0.05) is 13.0 Å². The van der Waals surface area contributed by atoms with E-state index in [9.17, 15) is 0 Å². The number of nitrogens with zero attached hydrogens (tertiary/aromatic N) is 2. The van der Waals surface area contributed by atoms with Crippen LogP contribution >= 0.6 is 0 Å². The molecule has 1 rings (SSSR count). The molecule has 1 aromatic rings. The fourth-order valence-corrected chi connectivity index (χ4v) is 1.02. The molecule has 0 saturated carbocycles. The third kappa shape index (κ3) is 3.44. The van der Waals surface area contributed by atoms with Crippen molar-refractivity contribution in [1.82, 2.24) is 10.1 Å². The maximum Gasteiger partial charge on any atom is 0.321 e. The first kappa shape index (κ1) is 10.0. The number of hydrogen-bond acceptors (Lipinski definition) is 4. The van der Waals surface area contributed by atoms with E-state index in [1.807, 2.05) is 6.92 Å². The molecule has 1 heterocycles. The normalized spacial score (nSPS) is 11.7. The molecule has 1 N–H and O–H groups in total. The summed E-state index contributed by atoms with van der Waals surface area (Å²) in [7, 11) is 0. The lowest BCUT2D eigenvalue weighted by Gasteiger charge is -2.14. The van der Waals surface area contributed by atoms with Crippen molar-refractivity contribution in [3.8, 4) is 0 Å². The SMILES string of the molecule is CCNc1nc(CC(C)(C)C)no1. The number of nitrogens with one attached hydrogen (secondary N) is 1. The Morgan fingerprint density at radius 2 is 2.08 bits per heavy atom. The maximum atomic E-state index is 4.98. The van der Waals surface area contributed by atoms with Crippen molar-refractivity contribution < 1.29 is 4.52 Å². The van der Waals surface area contributed by atoms with Crippen LogP contribution in [0.25, 0.3) is 0 Å². The van der Waals surface area contributed by atoms with Gasteiger partial charge in [0.05, 0.1) is 0 Å². The predicted molar refractivity (Wildman–Crippen MR) is 51.6 cm³/mol. The average molecular weight is 183 g/mol. The number of rotatable bonds is 3. The van der Waals surface area contributed by atoms with Gasteiger partial charge in [0.2, 0.25) is 0 Å². The Balaban J connectivity index is 2.59. The van der Waals surface area contributed by atoms with Crippen LogP contribution in [-0.2, 0) is 6.42 Å². The second kappa shape index (κ2) is 3.77. The van der Waals surface area contributed by atoms with Crippen LogP contribution in [0.2, 0.25) is 0 Å². The number of hydrogen-bond donors (Lipinski definition) is 1. The summed E-state index contributed by atoms with van der Waals surface area (Å²) in [6, 6.07) is 0.516. The van der Waals surface area contributed by atoms with Gasteiger partial charge in [0.25, 0.3) is 0 Å². The van der Waals surface area contributed by atoms with E-state index in [4.69, 9.17) is 4.52 Å². The van der Waals surface area contributed by atoms with Crippen molar-refractivity contribution in [2.24, 2.45) is 5.41 Å². The van der Waals surface area contributed by atoms with Crippen molar-refractivity contribution in [2.45, 2.75) is 34.1 Å². The van der Waals surface area contributed by atoms with E-state index < -0.39 is 0 Å². The first-order valence-corrected chi connectivity index (χ1v) is 4.58. The molecule has 0 atom stereocenters. The van der Waals surface area contributed by atoms with Crippen LogP contribution in [0, 0.1) is 5.41 Å². The van der Waals surface area contributed by atoms with Gasteiger partial charge in [-0.05, 0) is 12.3 Å². The first-order chi connectivity index (χ1) is 6.01. The van der Waals surface area contributed by atoms with Crippen molar-refractivity contribution in [3.05, 3.63) is 5.82 Å². The highest BCUT2D eigenvalue weighted by molar-refractivity contribution is 5.17. The Bertz CT molecular complexity index is 262. The molecule has 0 saturated heterocycles. The van der Waals surface area contributed by atoms with E-state index in [1.165, 1.54) is 0 Å². The molecule has 0 aromatic carbocycles. The maximum absolute atomic E-state index is 4.98. The summed E-state index contributed by atoms with van der Waals surface area (Å²) in [5, 5.41) is 6.84. The quantitative estimate of drug-likeness (QED) is 0.779. The zero-order valence-electron chi connectivity index (χ0n) is 8.72. The van der Waals surface area contributed by atoms with Gasteiger partial charge >= 0.3 is 6.01 Å². The highest BCUT2D eigenvalue weighted by Gasteiger charge is 2.15. The summed E-state index contributed by atoms with van der Waals surface area (Å²) in [6.07, 6.45) is 0.835. The first-order valence-electron chi connectivity index (χ1n) is 4.58. The minimum Gasteiger partial charge on any atom is -0.338 e. The molecular formula is C9H17N3O. The Labute approximate surface area is 78.7 Å². The molecule has 0 aliphatic rings. The van der Waals surface area contributed by atoms with Gasteiger partial charge in [-0.1, -0.05) is 25.9 Å². The van der Waals surface area contributed by atoms with Gasteiger partial charge in [-0.2, -0.15) is 4.98 Å². The molecule has 0 fully saturated rings. The van der Waals surface area contributed by atoms with E-state index in [1.54, 1.807) is 0 Å². The van der Waals surface area contributed by atoms with Crippen molar-refractivity contribution in [3.63, 3.8) is 0 Å². The number of anilines is 1. The molecule has 13 heavy (non-hydrogen) atoms. The molecule has 4 nitrogen and oxygen atoms in total. The molecule has 0 spiro atoms. The van der Waals surface area contributed by atoms with Crippen molar-refractivity contribution >= 4 is 6.01 Å². The number of aromatic nitrogens is 2. The van der Waals surface area contributed by atoms with E-state index in [0.29, 0.717) is 6.01 Å². The topological polar surface area (TPSA) is 51.0 Å². The van der Waals surface area contributed by atoms with E-state index in [-0.39, 0.29) is 5.41 Å². The van der Waals surface area contributed by atoms with Crippen LogP contribution in [0.4, 0.5) is 6.01 Å². The highest BCUT2D eigenvalue weighted by atomic mass is 16.5. The monoisotopic (exact) mass is 183 g/mol. The van der Waals surface area contributed by atoms with Crippen LogP contribution in [0.15, 0.2) is 4.52 Å². The predicted octanol–water partition coefficient (Wildman–Crippen LogP) is 2.09. The van der Waals surface area contributed by atoms with Crippen LogP contribution < -0.4 is 5.32 Å². The minimum atomic E-state index is 0.202.